The van der Waals surface area contributed by atoms with Gasteiger partial charge < -0.3 is 4.74 Å². The van der Waals surface area contributed by atoms with Gasteiger partial charge in [0.2, 0.25) is 0 Å². The van der Waals surface area contributed by atoms with Gasteiger partial charge in [-0.25, -0.2) is 9.37 Å². The normalized spacial score (nSPS) is 11.3. The Morgan fingerprint density at radius 2 is 1.92 bits per heavy atom. The maximum absolute atomic E-state index is 12.3. The molecule has 0 saturated heterocycles. The summed E-state index contributed by atoms with van der Waals surface area (Å²) in [5, 5.41) is 0. The Kier molecular flexibility index (Phi) is 2.99. The van der Waals surface area contributed by atoms with Crippen molar-refractivity contribution in [2.75, 3.05) is 13.3 Å². The highest BCUT2D eigenvalue weighted by Crippen LogP contribution is 2.14. The first kappa shape index (κ1) is 9.69. The van der Waals surface area contributed by atoms with Crippen molar-refractivity contribution in [3.63, 3.8) is 0 Å². The van der Waals surface area contributed by atoms with Crippen LogP contribution in [0.4, 0.5) is 13.2 Å². The molecule has 0 amide bonds. The molecule has 7 heteroatoms. The lowest BCUT2D eigenvalue weighted by atomic mass is 10.4. The van der Waals surface area contributed by atoms with E-state index in [1.807, 2.05) is 0 Å². The van der Waals surface area contributed by atoms with Crippen LogP contribution in [0.15, 0.2) is 12.7 Å². The van der Waals surface area contributed by atoms with Crippen molar-refractivity contribution in [1.29, 1.82) is 0 Å². The van der Waals surface area contributed by atoms with Gasteiger partial charge in [0.1, 0.15) is 12.7 Å². The molecule has 13 heavy (non-hydrogen) atoms. The third kappa shape index (κ3) is 3.22. The summed E-state index contributed by atoms with van der Waals surface area (Å²) in [7, 11) is 0. The molecular formula is C6H6F3N3O. The molecule has 0 aliphatic heterocycles. The van der Waals surface area contributed by atoms with Crippen LogP contribution in [-0.4, -0.2) is 34.2 Å². The summed E-state index contributed by atoms with van der Waals surface area (Å²) in [6, 6.07) is -0.247. The van der Waals surface area contributed by atoms with E-state index in [0.717, 1.165) is 12.7 Å². The first-order valence-corrected chi connectivity index (χ1v) is 3.33. The van der Waals surface area contributed by atoms with Crippen LogP contribution in [0.2, 0.25) is 0 Å². The van der Waals surface area contributed by atoms with Gasteiger partial charge in [-0.15, -0.1) is 0 Å². The summed E-state index contributed by atoms with van der Waals surface area (Å²) in [6.45, 7) is -2.84. The molecule has 1 rings (SSSR count). The van der Waals surface area contributed by atoms with Crippen LogP contribution in [0, 0.1) is 0 Å². The number of ether oxygens (including phenoxy) is 1. The lowest BCUT2D eigenvalue weighted by molar-refractivity contribution is -0.0605. The van der Waals surface area contributed by atoms with Gasteiger partial charge in [-0.05, 0) is 0 Å². The van der Waals surface area contributed by atoms with Crippen LogP contribution in [0.25, 0.3) is 0 Å². The molecule has 0 atom stereocenters. The molecule has 1 aromatic heterocycles. The Morgan fingerprint density at radius 3 is 2.46 bits per heavy atom. The second kappa shape index (κ2) is 4.01. The maximum Gasteiger partial charge on any atom is 0.319 e. The highest BCUT2D eigenvalue weighted by atomic mass is 19.3. The van der Waals surface area contributed by atoms with Crippen LogP contribution in [0.1, 0.15) is 0 Å². The van der Waals surface area contributed by atoms with Crippen LogP contribution in [0.3, 0.4) is 0 Å². The van der Waals surface area contributed by atoms with Gasteiger partial charge in [0.15, 0.2) is 13.3 Å². The second-order valence-electron chi connectivity index (χ2n) is 2.20. The minimum absolute atomic E-state index is 0.247. The SMILES string of the molecule is FCC(F)(F)COc1ncncn1. The summed E-state index contributed by atoms with van der Waals surface area (Å²) >= 11 is 0. The van der Waals surface area contributed by atoms with Crippen LogP contribution in [0.5, 0.6) is 6.01 Å². The minimum Gasteiger partial charge on any atom is -0.457 e. The van der Waals surface area contributed by atoms with Gasteiger partial charge >= 0.3 is 11.9 Å². The fourth-order valence-electron chi connectivity index (χ4n) is 0.512. The summed E-state index contributed by atoms with van der Waals surface area (Å²) in [4.78, 5) is 10.3. The van der Waals surface area contributed by atoms with Gasteiger partial charge in [-0.1, -0.05) is 0 Å². The van der Waals surface area contributed by atoms with Gasteiger partial charge in [-0.2, -0.15) is 18.7 Å². The summed E-state index contributed by atoms with van der Waals surface area (Å²) < 4.78 is 40.5. The molecule has 0 unspecified atom stereocenters. The molecule has 0 aliphatic rings. The Hall–Kier alpha value is -1.40. The molecule has 4 nitrogen and oxygen atoms in total. The third-order valence-corrected chi connectivity index (χ3v) is 1.08. The topological polar surface area (TPSA) is 47.9 Å². The predicted molar refractivity (Wildman–Crippen MR) is 36.2 cm³/mol. The van der Waals surface area contributed by atoms with Crippen molar-refractivity contribution in [1.82, 2.24) is 15.0 Å². The smallest absolute Gasteiger partial charge is 0.319 e. The van der Waals surface area contributed by atoms with E-state index in [4.69, 9.17) is 0 Å². The average Bonchev–Trinajstić information content (AvgIpc) is 2.17. The zero-order valence-corrected chi connectivity index (χ0v) is 6.45. The van der Waals surface area contributed by atoms with Crippen molar-refractivity contribution < 1.29 is 17.9 Å². The fourth-order valence-corrected chi connectivity index (χ4v) is 0.512. The Bertz CT molecular complexity index is 257. The molecule has 0 saturated carbocycles. The third-order valence-electron chi connectivity index (χ3n) is 1.08. The Morgan fingerprint density at radius 1 is 1.31 bits per heavy atom. The van der Waals surface area contributed by atoms with Crippen molar-refractivity contribution >= 4 is 0 Å². The van der Waals surface area contributed by atoms with Gasteiger partial charge in [-0.3, -0.25) is 0 Å². The van der Waals surface area contributed by atoms with Crippen LogP contribution >= 0.6 is 0 Å². The quantitative estimate of drug-likeness (QED) is 0.711. The van der Waals surface area contributed by atoms with E-state index in [0.29, 0.717) is 0 Å². The Labute approximate surface area is 71.8 Å². The monoisotopic (exact) mass is 193 g/mol. The molecule has 1 aromatic rings. The van der Waals surface area contributed by atoms with Gasteiger partial charge in [0.05, 0.1) is 0 Å². The molecule has 0 radical (unpaired) electrons. The molecular weight excluding hydrogens is 187 g/mol. The van der Waals surface area contributed by atoms with Crippen LogP contribution < -0.4 is 4.74 Å². The molecule has 0 fully saturated rings. The van der Waals surface area contributed by atoms with E-state index in [2.05, 4.69) is 19.7 Å². The highest BCUT2D eigenvalue weighted by Gasteiger charge is 2.30. The lowest BCUT2D eigenvalue weighted by Crippen LogP contribution is -2.28. The first-order valence-electron chi connectivity index (χ1n) is 3.33. The maximum atomic E-state index is 12.3. The zero-order valence-electron chi connectivity index (χ0n) is 6.45. The number of rotatable bonds is 4. The lowest BCUT2D eigenvalue weighted by Gasteiger charge is -2.11. The molecule has 72 valence electrons. The van der Waals surface area contributed by atoms with Gasteiger partial charge in [0, 0.05) is 0 Å². The minimum atomic E-state index is -3.49. The number of alkyl halides is 3. The first-order chi connectivity index (χ1) is 6.14. The van der Waals surface area contributed by atoms with Crippen molar-refractivity contribution in [3.05, 3.63) is 12.7 Å². The second-order valence-corrected chi connectivity index (χ2v) is 2.20. The number of nitrogens with zero attached hydrogens (tertiary/aromatic N) is 3. The number of hydrogen-bond donors (Lipinski definition) is 0. The van der Waals surface area contributed by atoms with E-state index in [1.54, 1.807) is 0 Å². The summed E-state index contributed by atoms with van der Waals surface area (Å²) in [5.41, 5.74) is 0. The molecule has 0 aliphatic carbocycles. The van der Waals surface area contributed by atoms with E-state index < -0.39 is 19.2 Å². The standard InChI is InChI=1S/C6H6F3N3O/c7-1-6(8,9)2-13-5-11-3-10-4-12-5/h3-4H,1-2H2. The molecule has 1 heterocycles. The molecule has 0 aromatic carbocycles. The molecule has 0 N–H and O–H groups in total. The summed E-state index contributed by atoms with van der Waals surface area (Å²) in [6.07, 6.45) is 2.19. The zero-order chi connectivity index (χ0) is 9.73. The molecule has 0 bridgehead atoms. The number of aromatic nitrogens is 3. The Balaban J connectivity index is 2.44. The van der Waals surface area contributed by atoms with Gasteiger partial charge in [0.25, 0.3) is 0 Å². The average molecular weight is 193 g/mol. The summed E-state index contributed by atoms with van der Waals surface area (Å²) in [5.74, 6) is -3.49. The van der Waals surface area contributed by atoms with Crippen LogP contribution in [-0.2, 0) is 0 Å². The predicted octanol–water partition coefficient (Wildman–Crippen LogP) is 0.855. The molecule has 0 spiro atoms. The van der Waals surface area contributed by atoms with E-state index in [9.17, 15) is 13.2 Å². The number of hydrogen-bond acceptors (Lipinski definition) is 4. The van der Waals surface area contributed by atoms with E-state index in [1.165, 1.54) is 0 Å². The number of halogens is 3. The highest BCUT2D eigenvalue weighted by molar-refractivity contribution is 4.87. The van der Waals surface area contributed by atoms with Crippen molar-refractivity contribution in [2.45, 2.75) is 5.92 Å². The van der Waals surface area contributed by atoms with Crippen molar-refractivity contribution in [3.8, 4) is 6.01 Å². The van der Waals surface area contributed by atoms with E-state index >= 15 is 0 Å². The van der Waals surface area contributed by atoms with E-state index in [-0.39, 0.29) is 6.01 Å². The van der Waals surface area contributed by atoms with Crippen molar-refractivity contribution in [2.24, 2.45) is 0 Å². The fraction of sp³-hybridized carbons (Fsp3) is 0.500. The largest absolute Gasteiger partial charge is 0.457 e.